The van der Waals surface area contributed by atoms with E-state index >= 15 is 0 Å². The fourth-order valence-corrected chi connectivity index (χ4v) is 1.10. The molecule has 1 aromatic rings. The van der Waals surface area contributed by atoms with Crippen LogP contribution in [0.15, 0.2) is 41.0 Å². The second kappa shape index (κ2) is 5.93. The van der Waals surface area contributed by atoms with Gasteiger partial charge in [0.2, 0.25) is 0 Å². The van der Waals surface area contributed by atoms with Crippen LogP contribution < -0.4 is 11.2 Å². The van der Waals surface area contributed by atoms with Gasteiger partial charge in [-0.3, -0.25) is 5.43 Å². The average molecular weight is 219 g/mol. The number of hydrogen-bond donors (Lipinski definition) is 2. The van der Waals surface area contributed by atoms with Crippen molar-refractivity contribution in [3.8, 4) is 0 Å². The topological polar surface area (TPSA) is 50.4 Å². The monoisotopic (exact) mass is 219 g/mol. The van der Waals surface area contributed by atoms with Crippen LogP contribution in [0.25, 0.3) is 6.08 Å². The van der Waals surface area contributed by atoms with E-state index in [-0.39, 0.29) is 5.11 Å². The molecule has 0 aromatic heterocycles. The predicted molar refractivity (Wildman–Crippen MR) is 68.5 cm³/mol. The Morgan fingerprint density at radius 2 is 2.07 bits per heavy atom. The van der Waals surface area contributed by atoms with E-state index in [2.05, 4.69) is 22.7 Å². The fraction of sp³-hybridized carbons (Fsp3) is 0.0909. The van der Waals surface area contributed by atoms with Crippen molar-refractivity contribution in [3.63, 3.8) is 0 Å². The molecule has 4 heteroatoms. The zero-order valence-corrected chi connectivity index (χ0v) is 9.29. The standard InChI is InChI=1S/C11H13N3S/c1-9(8-13-14-11(12)15)7-10-5-3-2-4-6-10/h2-8H,1H3,(H3,12,14,15)/b9-7+,13-8+. The summed E-state index contributed by atoms with van der Waals surface area (Å²) < 4.78 is 0. The molecule has 0 spiro atoms. The Morgan fingerprint density at radius 1 is 1.40 bits per heavy atom. The molecule has 0 saturated heterocycles. The molecule has 0 saturated carbocycles. The minimum atomic E-state index is 0.166. The van der Waals surface area contributed by atoms with Crippen LogP contribution in [-0.2, 0) is 0 Å². The number of benzene rings is 1. The SMILES string of the molecule is CC(/C=N/NC(N)=S)=C\c1ccccc1. The molecule has 0 aliphatic carbocycles. The van der Waals surface area contributed by atoms with Crippen molar-refractivity contribution in [1.82, 2.24) is 5.43 Å². The second-order valence-electron chi connectivity index (χ2n) is 3.03. The van der Waals surface area contributed by atoms with Gasteiger partial charge in [-0.1, -0.05) is 36.4 Å². The van der Waals surface area contributed by atoms with Crippen LogP contribution in [0.2, 0.25) is 0 Å². The fourth-order valence-electron chi connectivity index (χ4n) is 1.05. The van der Waals surface area contributed by atoms with Gasteiger partial charge in [-0.25, -0.2) is 0 Å². The quantitative estimate of drug-likeness (QED) is 0.464. The highest BCUT2D eigenvalue weighted by atomic mass is 32.1. The van der Waals surface area contributed by atoms with E-state index in [1.165, 1.54) is 0 Å². The Bertz CT molecular complexity index is 382. The Labute approximate surface area is 94.7 Å². The molecule has 0 fully saturated rings. The van der Waals surface area contributed by atoms with Gasteiger partial charge in [-0.2, -0.15) is 5.10 Å². The van der Waals surface area contributed by atoms with Crippen molar-refractivity contribution >= 4 is 29.6 Å². The number of nitrogens with one attached hydrogen (secondary N) is 1. The van der Waals surface area contributed by atoms with Crippen LogP contribution in [0.1, 0.15) is 12.5 Å². The molecule has 0 atom stereocenters. The molecular formula is C11H13N3S. The highest BCUT2D eigenvalue weighted by Crippen LogP contribution is 2.04. The van der Waals surface area contributed by atoms with Gasteiger partial charge in [0.05, 0.1) is 6.21 Å². The van der Waals surface area contributed by atoms with Crippen molar-refractivity contribution in [3.05, 3.63) is 41.5 Å². The average Bonchev–Trinajstić information content (AvgIpc) is 2.18. The molecule has 3 N–H and O–H groups in total. The van der Waals surface area contributed by atoms with Gasteiger partial charge in [0, 0.05) is 0 Å². The van der Waals surface area contributed by atoms with E-state index in [4.69, 9.17) is 5.73 Å². The number of nitrogens with zero attached hydrogens (tertiary/aromatic N) is 1. The van der Waals surface area contributed by atoms with Crippen molar-refractivity contribution in [2.24, 2.45) is 10.8 Å². The number of hydrazone groups is 1. The summed E-state index contributed by atoms with van der Waals surface area (Å²) in [4.78, 5) is 0. The van der Waals surface area contributed by atoms with Crippen LogP contribution in [0, 0.1) is 0 Å². The summed E-state index contributed by atoms with van der Waals surface area (Å²) in [6.45, 7) is 1.96. The summed E-state index contributed by atoms with van der Waals surface area (Å²) in [5, 5.41) is 4.02. The smallest absolute Gasteiger partial charge is 0.184 e. The summed E-state index contributed by atoms with van der Waals surface area (Å²) in [7, 11) is 0. The predicted octanol–water partition coefficient (Wildman–Crippen LogP) is 1.91. The van der Waals surface area contributed by atoms with Crippen LogP contribution in [0.3, 0.4) is 0 Å². The van der Waals surface area contributed by atoms with E-state index in [1.54, 1.807) is 6.21 Å². The number of allylic oxidation sites excluding steroid dienone is 1. The third kappa shape index (κ3) is 4.93. The zero-order valence-electron chi connectivity index (χ0n) is 8.47. The van der Waals surface area contributed by atoms with Gasteiger partial charge < -0.3 is 5.73 Å². The largest absolute Gasteiger partial charge is 0.375 e. The molecule has 0 bridgehead atoms. The van der Waals surface area contributed by atoms with Crippen LogP contribution >= 0.6 is 12.2 Å². The van der Waals surface area contributed by atoms with E-state index in [1.807, 2.05) is 43.3 Å². The summed E-state index contributed by atoms with van der Waals surface area (Å²) in [5.41, 5.74) is 9.87. The molecular weight excluding hydrogens is 206 g/mol. The summed E-state index contributed by atoms with van der Waals surface area (Å²) in [6.07, 6.45) is 3.69. The lowest BCUT2D eigenvalue weighted by Gasteiger charge is -1.95. The van der Waals surface area contributed by atoms with Crippen LogP contribution in [0.4, 0.5) is 0 Å². The lowest BCUT2D eigenvalue weighted by molar-refractivity contribution is 1.04. The van der Waals surface area contributed by atoms with Crippen molar-refractivity contribution in [1.29, 1.82) is 0 Å². The maximum Gasteiger partial charge on any atom is 0.184 e. The Kier molecular flexibility index (Phi) is 4.50. The Balaban J connectivity index is 2.61. The second-order valence-corrected chi connectivity index (χ2v) is 3.47. The van der Waals surface area contributed by atoms with Gasteiger partial charge >= 0.3 is 0 Å². The molecule has 0 heterocycles. The molecule has 78 valence electrons. The zero-order chi connectivity index (χ0) is 11.1. The van der Waals surface area contributed by atoms with Crippen molar-refractivity contribution in [2.75, 3.05) is 0 Å². The Hall–Kier alpha value is -1.68. The normalized spacial score (nSPS) is 11.7. The summed E-state index contributed by atoms with van der Waals surface area (Å²) in [5.74, 6) is 0. The first-order valence-corrected chi connectivity index (χ1v) is 4.91. The minimum Gasteiger partial charge on any atom is -0.375 e. The molecule has 0 unspecified atom stereocenters. The van der Waals surface area contributed by atoms with E-state index in [9.17, 15) is 0 Å². The maximum atomic E-state index is 5.22. The Morgan fingerprint density at radius 3 is 2.67 bits per heavy atom. The number of rotatable bonds is 3. The first-order chi connectivity index (χ1) is 7.18. The van der Waals surface area contributed by atoms with Gasteiger partial charge in [0.15, 0.2) is 5.11 Å². The molecule has 1 rings (SSSR count). The molecule has 0 radical (unpaired) electrons. The highest BCUT2D eigenvalue weighted by molar-refractivity contribution is 7.80. The van der Waals surface area contributed by atoms with E-state index in [0.29, 0.717) is 0 Å². The number of thiocarbonyl (C=S) groups is 1. The lowest BCUT2D eigenvalue weighted by atomic mass is 10.1. The van der Waals surface area contributed by atoms with Gasteiger partial charge in [-0.05, 0) is 30.3 Å². The molecule has 1 aromatic carbocycles. The molecule has 0 aliphatic rings. The van der Waals surface area contributed by atoms with Gasteiger partial charge in [0.1, 0.15) is 0 Å². The highest BCUT2D eigenvalue weighted by Gasteiger charge is 1.87. The summed E-state index contributed by atoms with van der Waals surface area (Å²) in [6, 6.07) is 10.0. The van der Waals surface area contributed by atoms with E-state index in [0.717, 1.165) is 11.1 Å². The van der Waals surface area contributed by atoms with Crippen molar-refractivity contribution < 1.29 is 0 Å². The number of hydrogen-bond acceptors (Lipinski definition) is 2. The molecule has 3 nitrogen and oxygen atoms in total. The maximum absolute atomic E-state index is 5.22. The molecule has 0 aliphatic heterocycles. The van der Waals surface area contributed by atoms with E-state index < -0.39 is 0 Å². The molecule has 0 amide bonds. The molecule has 15 heavy (non-hydrogen) atoms. The first-order valence-electron chi connectivity index (χ1n) is 4.50. The van der Waals surface area contributed by atoms with Crippen molar-refractivity contribution in [2.45, 2.75) is 6.92 Å². The van der Waals surface area contributed by atoms with Crippen LogP contribution in [0.5, 0.6) is 0 Å². The lowest BCUT2D eigenvalue weighted by Crippen LogP contribution is -2.23. The van der Waals surface area contributed by atoms with Gasteiger partial charge in [0.25, 0.3) is 0 Å². The van der Waals surface area contributed by atoms with Crippen LogP contribution in [-0.4, -0.2) is 11.3 Å². The van der Waals surface area contributed by atoms with Gasteiger partial charge in [-0.15, -0.1) is 0 Å². The number of nitrogens with two attached hydrogens (primary N) is 1. The third-order valence-corrected chi connectivity index (χ3v) is 1.73. The third-order valence-electron chi connectivity index (χ3n) is 1.64. The minimum absolute atomic E-state index is 0.166. The first kappa shape index (κ1) is 11.4. The summed E-state index contributed by atoms with van der Waals surface area (Å²) >= 11 is 4.61.